The topological polar surface area (TPSA) is 77.5 Å². The molecule has 35 heavy (non-hydrogen) atoms. The van der Waals surface area contributed by atoms with Crippen LogP contribution in [0, 0.1) is 35.4 Å². The lowest BCUT2D eigenvalue weighted by Crippen LogP contribution is -2.53. The van der Waals surface area contributed by atoms with Gasteiger partial charge in [-0.2, -0.15) is 0 Å². The number of carbonyl (C=O) groups excluding carboxylic acids is 2. The first-order valence-electron chi connectivity index (χ1n) is 12.5. The van der Waals surface area contributed by atoms with Crippen LogP contribution in [0.2, 0.25) is 0 Å². The molecule has 1 aromatic heterocycles. The van der Waals surface area contributed by atoms with E-state index in [4.69, 9.17) is 9.47 Å². The van der Waals surface area contributed by atoms with Gasteiger partial charge in [0.25, 0.3) is 0 Å². The molecule has 2 saturated heterocycles. The molecule has 1 N–H and O–H groups in total. The molecular weight excluding hydrogens is 447 g/mol. The van der Waals surface area contributed by atoms with Crippen molar-refractivity contribution >= 4 is 18.1 Å². The van der Waals surface area contributed by atoms with E-state index in [0.29, 0.717) is 18.4 Å². The fourth-order valence-electron chi connectivity index (χ4n) is 7.04. The first kappa shape index (κ1) is 22.3. The van der Waals surface area contributed by atoms with Crippen LogP contribution in [0.5, 0.6) is 0 Å². The molecule has 1 amide bonds. The van der Waals surface area contributed by atoms with Gasteiger partial charge in [-0.15, -0.1) is 0 Å². The molecule has 2 aliphatic carbocycles. The Labute approximate surface area is 203 Å². The lowest BCUT2D eigenvalue weighted by Gasteiger charge is -2.49. The van der Waals surface area contributed by atoms with Crippen LogP contribution in [-0.4, -0.2) is 35.3 Å². The Morgan fingerprint density at radius 2 is 2.09 bits per heavy atom. The number of halogens is 1. The normalized spacial score (nSPS) is 35.9. The number of hydrogen-bond acceptors (Lipinski definition) is 5. The number of aromatic nitrogens is 1. The molecule has 6 nitrogen and oxygen atoms in total. The summed E-state index contributed by atoms with van der Waals surface area (Å²) in [5, 5.41) is 3.05. The van der Waals surface area contributed by atoms with E-state index in [2.05, 4.69) is 16.4 Å². The molecule has 2 aromatic rings. The van der Waals surface area contributed by atoms with Gasteiger partial charge in [0.1, 0.15) is 18.5 Å². The Morgan fingerprint density at radius 3 is 2.83 bits per heavy atom. The van der Waals surface area contributed by atoms with Crippen LogP contribution in [-0.2, 0) is 14.3 Å². The summed E-state index contributed by atoms with van der Waals surface area (Å²) in [5.41, 5.74) is 2.18. The van der Waals surface area contributed by atoms with Crippen molar-refractivity contribution in [3.8, 4) is 11.1 Å². The maximum Gasteiger partial charge on any atom is 0.407 e. The number of nitrogens with one attached hydrogen (secondary N) is 1. The van der Waals surface area contributed by atoms with Gasteiger partial charge in [0.2, 0.25) is 0 Å². The van der Waals surface area contributed by atoms with Gasteiger partial charge in [0.15, 0.2) is 0 Å². The lowest BCUT2D eigenvalue weighted by atomic mass is 9.55. The minimum Gasteiger partial charge on any atom is -0.462 e. The summed E-state index contributed by atoms with van der Waals surface area (Å²) < 4.78 is 24.5. The van der Waals surface area contributed by atoms with E-state index in [9.17, 15) is 14.0 Å². The van der Waals surface area contributed by atoms with E-state index in [0.717, 1.165) is 42.5 Å². The number of benzene rings is 1. The van der Waals surface area contributed by atoms with Crippen molar-refractivity contribution in [2.45, 2.75) is 44.2 Å². The fraction of sp³-hybridized carbons (Fsp3) is 0.464. The molecule has 0 bridgehead atoms. The quantitative estimate of drug-likeness (QED) is 0.632. The average molecular weight is 477 g/mol. The molecule has 2 saturated carbocycles. The van der Waals surface area contributed by atoms with Gasteiger partial charge in [-0.3, -0.25) is 9.78 Å². The highest BCUT2D eigenvalue weighted by Crippen LogP contribution is 2.55. The van der Waals surface area contributed by atoms with Crippen molar-refractivity contribution in [2.75, 3.05) is 6.61 Å². The van der Waals surface area contributed by atoms with Gasteiger partial charge in [0, 0.05) is 17.7 Å². The molecule has 1 aromatic carbocycles. The summed E-state index contributed by atoms with van der Waals surface area (Å²) in [7, 11) is 0. The second-order valence-corrected chi connectivity index (χ2v) is 10.6. The van der Waals surface area contributed by atoms with E-state index in [1.807, 2.05) is 31.2 Å². The summed E-state index contributed by atoms with van der Waals surface area (Å²) >= 11 is 0. The zero-order chi connectivity index (χ0) is 24.2. The summed E-state index contributed by atoms with van der Waals surface area (Å²) in [6.07, 6.45) is 9.06. The highest BCUT2D eigenvalue weighted by molar-refractivity contribution is 5.76. The molecule has 7 heteroatoms. The highest BCUT2D eigenvalue weighted by Gasteiger charge is 2.57. The Bertz CT molecular complexity index is 1180. The Balaban J connectivity index is 1.25. The van der Waals surface area contributed by atoms with E-state index >= 15 is 0 Å². The summed E-state index contributed by atoms with van der Waals surface area (Å²) in [4.78, 5) is 29.0. The number of nitrogens with zero attached hydrogens (tertiary/aromatic N) is 1. The second-order valence-electron chi connectivity index (χ2n) is 10.6. The van der Waals surface area contributed by atoms with E-state index in [-0.39, 0.29) is 47.3 Å². The molecule has 7 atom stereocenters. The molecule has 0 radical (unpaired) electrons. The molecule has 0 unspecified atom stereocenters. The number of cyclic esters (lactones) is 2. The number of pyridine rings is 1. The van der Waals surface area contributed by atoms with Crippen LogP contribution in [0.25, 0.3) is 17.2 Å². The van der Waals surface area contributed by atoms with E-state index in [1.54, 1.807) is 12.3 Å². The van der Waals surface area contributed by atoms with Crippen molar-refractivity contribution in [1.29, 1.82) is 0 Å². The molecule has 182 valence electrons. The number of esters is 1. The van der Waals surface area contributed by atoms with Crippen LogP contribution in [0.1, 0.15) is 38.3 Å². The standard InChI is InChI=1S/C28H29FN2O4/c1-16-25-23(8-7-21-6-5-18(14-30-21)17-3-2-4-20(29)11-17)22-9-10-28(15-34-27(33)31-28)13-19(22)12-24(25)26(32)35-16/h2-8,11,14,16,19,22-25H,9-10,12-13,15H2,1H3,(H,31,33)/b8-7+/t16-,19-,22-,23+,24-,25+,28+/m1/s1. The van der Waals surface area contributed by atoms with E-state index in [1.165, 1.54) is 12.1 Å². The molecule has 1 spiro atoms. The van der Waals surface area contributed by atoms with Gasteiger partial charge in [-0.25, -0.2) is 9.18 Å². The van der Waals surface area contributed by atoms with Crippen LogP contribution in [0.15, 0.2) is 48.7 Å². The predicted molar refractivity (Wildman–Crippen MR) is 127 cm³/mol. The van der Waals surface area contributed by atoms with Gasteiger partial charge in [-0.1, -0.05) is 24.3 Å². The van der Waals surface area contributed by atoms with Crippen LogP contribution in [0.4, 0.5) is 9.18 Å². The number of amides is 1. The minimum atomic E-state index is -0.338. The minimum absolute atomic E-state index is 0.0942. The third-order valence-corrected chi connectivity index (χ3v) is 8.60. The van der Waals surface area contributed by atoms with Crippen LogP contribution < -0.4 is 5.32 Å². The number of carbonyl (C=O) groups is 2. The third-order valence-electron chi connectivity index (χ3n) is 8.60. The number of hydrogen-bond donors (Lipinski definition) is 1. The van der Waals surface area contributed by atoms with E-state index < -0.39 is 0 Å². The predicted octanol–water partition coefficient (Wildman–Crippen LogP) is 4.99. The van der Waals surface area contributed by atoms with Gasteiger partial charge >= 0.3 is 12.1 Å². The summed E-state index contributed by atoms with van der Waals surface area (Å²) in [6, 6.07) is 10.4. The van der Waals surface area contributed by atoms with Gasteiger partial charge in [0.05, 0.1) is 17.2 Å². The summed E-state index contributed by atoms with van der Waals surface area (Å²) in [5.74, 6) is 0.603. The summed E-state index contributed by atoms with van der Waals surface area (Å²) in [6.45, 7) is 2.41. The number of fused-ring (bicyclic) bond motifs is 2. The number of alkyl carbamates (subject to hydrolysis) is 1. The molecule has 2 aliphatic heterocycles. The average Bonchev–Trinajstić information content (AvgIpc) is 3.34. The lowest BCUT2D eigenvalue weighted by molar-refractivity contribution is -0.144. The molecule has 6 rings (SSSR count). The smallest absolute Gasteiger partial charge is 0.407 e. The number of allylic oxidation sites excluding steroid dienone is 1. The van der Waals surface area contributed by atoms with Crippen molar-refractivity contribution < 1.29 is 23.5 Å². The molecular formula is C28H29FN2O4. The van der Waals surface area contributed by atoms with Gasteiger partial charge < -0.3 is 14.8 Å². The van der Waals surface area contributed by atoms with Crippen LogP contribution >= 0.6 is 0 Å². The van der Waals surface area contributed by atoms with Crippen molar-refractivity contribution in [2.24, 2.45) is 29.6 Å². The molecule has 4 aliphatic rings. The second kappa shape index (κ2) is 8.47. The first-order chi connectivity index (χ1) is 16.9. The van der Waals surface area contributed by atoms with Gasteiger partial charge in [-0.05, 0) is 80.2 Å². The Morgan fingerprint density at radius 1 is 1.20 bits per heavy atom. The molecule has 4 fully saturated rings. The van der Waals surface area contributed by atoms with Crippen molar-refractivity contribution in [1.82, 2.24) is 10.3 Å². The number of ether oxygens (including phenoxy) is 2. The maximum absolute atomic E-state index is 13.6. The zero-order valence-corrected chi connectivity index (χ0v) is 19.7. The van der Waals surface area contributed by atoms with Crippen molar-refractivity contribution in [3.63, 3.8) is 0 Å². The fourth-order valence-corrected chi connectivity index (χ4v) is 7.04. The van der Waals surface area contributed by atoms with Crippen LogP contribution in [0.3, 0.4) is 0 Å². The Hall–Kier alpha value is -3.22. The third kappa shape index (κ3) is 4.01. The Kier molecular flexibility index (Phi) is 5.38. The number of rotatable bonds is 3. The SMILES string of the molecule is C[C@H]1OC(=O)[C@@H]2C[C@@H]3C[C@@]4(CC[C@H]3[C@H](/C=C/c3ccc(-c5cccc(F)c5)cn3)[C@H]12)COC(=O)N4. The first-order valence-corrected chi connectivity index (χ1v) is 12.5. The monoisotopic (exact) mass is 476 g/mol. The maximum atomic E-state index is 13.6. The zero-order valence-electron chi connectivity index (χ0n) is 19.7. The molecule has 3 heterocycles. The largest absolute Gasteiger partial charge is 0.462 e. The highest BCUT2D eigenvalue weighted by atomic mass is 19.1. The van der Waals surface area contributed by atoms with Crippen molar-refractivity contribution in [3.05, 3.63) is 60.2 Å².